The predicted molar refractivity (Wildman–Crippen MR) is 202 cm³/mol. The molecule has 2 nitrogen and oxygen atoms in total. The van der Waals surface area contributed by atoms with Crippen LogP contribution in [0.1, 0.15) is 0 Å². The number of hydrogen-bond donors (Lipinski definition) is 0. The molecular weight excluding hydrogens is 591 g/mol. The Balaban J connectivity index is 1.25. The van der Waals surface area contributed by atoms with E-state index in [9.17, 15) is 0 Å². The van der Waals surface area contributed by atoms with Crippen molar-refractivity contribution in [3.05, 3.63) is 164 Å². The van der Waals surface area contributed by atoms with Gasteiger partial charge in [-0.2, -0.15) is 0 Å². The Bertz CT molecular complexity index is 2800. The molecule has 10 rings (SSSR count). The van der Waals surface area contributed by atoms with Gasteiger partial charge in [0, 0.05) is 42.3 Å². The summed E-state index contributed by atoms with van der Waals surface area (Å²) in [6, 6.07) is 59.1. The minimum absolute atomic E-state index is 0.894. The maximum Gasteiger partial charge on any atom is 0.145 e. The topological polar surface area (TPSA) is 16.4 Å². The second kappa shape index (κ2) is 10.3. The lowest BCUT2D eigenvalue weighted by molar-refractivity contribution is 0.672. The first-order chi connectivity index (χ1) is 23.3. The molecule has 0 spiro atoms. The predicted octanol–water partition coefficient (Wildman–Crippen LogP) is 13.4. The van der Waals surface area contributed by atoms with Gasteiger partial charge in [-0.15, -0.1) is 11.3 Å². The largest absolute Gasteiger partial charge is 0.455 e. The number of fused-ring (bicyclic) bond motifs is 9. The molecule has 0 aliphatic carbocycles. The number of para-hydroxylation sites is 1. The molecule has 0 saturated heterocycles. The van der Waals surface area contributed by atoms with Crippen molar-refractivity contribution in [1.82, 2.24) is 0 Å². The Morgan fingerprint density at radius 2 is 1.11 bits per heavy atom. The standard InChI is InChI=1S/C44H27NOS/c1-3-13-33-28(10-1)12-9-17-34(33)29-20-22-31(23-21-29)45(32-24-25-42-38(27-32)36-15-6-8-19-41(36)47-42)39-26-30-11-2-4-14-35(30)44-43(39)37-16-5-7-18-40(37)46-44/h1-27H. The number of nitrogens with zero attached hydrogens (tertiary/aromatic N) is 1. The van der Waals surface area contributed by atoms with E-state index >= 15 is 0 Å². The Morgan fingerprint density at radius 1 is 0.447 bits per heavy atom. The summed E-state index contributed by atoms with van der Waals surface area (Å²) in [6.45, 7) is 0. The van der Waals surface area contributed by atoms with E-state index in [4.69, 9.17) is 4.42 Å². The number of anilines is 3. The molecule has 0 atom stereocenters. The van der Waals surface area contributed by atoms with E-state index < -0.39 is 0 Å². The number of thiophene rings is 1. The van der Waals surface area contributed by atoms with Crippen molar-refractivity contribution in [2.45, 2.75) is 0 Å². The molecule has 2 aromatic heterocycles. The molecule has 0 N–H and O–H groups in total. The summed E-state index contributed by atoms with van der Waals surface area (Å²) in [5.74, 6) is 0. The summed E-state index contributed by atoms with van der Waals surface area (Å²) >= 11 is 1.85. The zero-order valence-electron chi connectivity index (χ0n) is 25.4. The van der Waals surface area contributed by atoms with E-state index in [-0.39, 0.29) is 0 Å². The molecule has 3 heteroatoms. The Hall–Kier alpha value is -5.90. The Labute approximate surface area is 275 Å². The fourth-order valence-electron chi connectivity index (χ4n) is 7.26. The lowest BCUT2D eigenvalue weighted by atomic mass is 9.97. The highest BCUT2D eigenvalue weighted by Crippen LogP contribution is 2.47. The third-order valence-electron chi connectivity index (χ3n) is 9.43. The normalized spacial score (nSPS) is 11.8. The van der Waals surface area contributed by atoms with Crippen LogP contribution in [0.4, 0.5) is 17.1 Å². The van der Waals surface area contributed by atoms with Gasteiger partial charge in [0.05, 0.1) is 11.1 Å². The van der Waals surface area contributed by atoms with E-state index in [1.54, 1.807) is 0 Å². The van der Waals surface area contributed by atoms with Gasteiger partial charge in [-0.3, -0.25) is 0 Å². The maximum atomic E-state index is 6.64. The van der Waals surface area contributed by atoms with Crippen LogP contribution in [0.3, 0.4) is 0 Å². The quantitative estimate of drug-likeness (QED) is 0.195. The van der Waals surface area contributed by atoms with Crippen LogP contribution >= 0.6 is 11.3 Å². The zero-order chi connectivity index (χ0) is 30.9. The van der Waals surface area contributed by atoms with Crippen LogP contribution in [0.15, 0.2) is 168 Å². The molecule has 10 aromatic rings. The molecule has 47 heavy (non-hydrogen) atoms. The molecule has 0 radical (unpaired) electrons. The first-order valence-corrected chi connectivity index (χ1v) is 16.7. The summed E-state index contributed by atoms with van der Waals surface area (Å²) in [6.07, 6.45) is 0. The van der Waals surface area contributed by atoms with Gasteiger partial charge in [0.1, 0.15) is 11.2 Å². The van der Waals surface area contributed by atoms with Crippen molar-refractivity contribution in [1.29, 1.82) is 0 Å². The Kier molecular flexibility index (Phi) is 5.78. The van der Waals surface area contributed by atoms with Gasteiger partial charge < -0.3 is 9.32 Å². The molecule has 0 bridgehead atoms. The van der Waals surface area contributed by atoms with Gasteiger partial charge in [0.25, 0.3) is 0 Å². The molecule has 2 heterocycles. The van der Waals surface area contributed by atoms with E-state index in [1.165, 1.54) is 42.1 Å². The Morgan fingerprint density at radius 3 is 1.98 bits per heavy atom. The first kappa shape index (κ1) is 26.3. The van der Waals surface area contributed by atoms with Crippen molar-refractivity contribution in [3.8, 4) is 11.1 Å². The summed E-state index contributed by atoms with van der Waals surface area (Å²) < 4.78 is 9.23. The third kappa shape index (κ3) is 4.10. The van der Waals surface area contributed by atoms with Crippen molar-refractivity contribution in [2.24, 2.45) is 0 Å². The molecule has 0 aliphatic heterocycles. The third-order valence-corrected chi connectivity index (χ3v) is 10.6. The van der Waals surface area contributed by atoms with Gasteiger partial charge >= 0.3 is 0 Å². The molecule has 0 saturated carbocycles. The van der Waals surface area contributed by atoms with Gasteiger partial charge in [0.2, 0.25) is 0 Å². The maximum absolute atomic E-state index is 6.64. The van der Waals surface area contributed by atoms with Gasteiger partial charge in [0.15, 0.2) is 0 Å². The van der Waals surface area contributed by atoms with Gasteiger partial charge in [-0.1, -0.05) is 115 Å². The summed E-state index contributed by atoms with van der Waals surface area (Å²) in [5.41, 5.74) is 7.55. The molecule has 0 unspecified atom stereocenters. The van der Waals surface area contributed by atoms with E-state index in [0.29, 0.717) is 0 Å². The van der Waals surface area contributed by atoms with E-state index in [1.807, 2.05) is 17.4 Å². The highest BCUT2D eigenvalue weighted by molar-refractivity contribution is 7.25. The van der Waals surface area contributed by atoms with Crippen LogP contribution in [-0.4, -0.2) is 0 Å². The zero-order valence-corrected chi connectivity index (χ0v) is 26.2. The monoisotopic (exact) mass is 617 g/mol. The molecule has 8 aromatic carbocycles. The second-order valence-corrected chi connectivity index (χ2v) is 13.2. The average molecular weight is 618 g/mol. The lowest BCUT2D eigenvalue weighted by Gasteiger charge is -2.27. The number of rotatable bonds is 4. The fourth-order valence-corrected chi connectivity index (χ4v) is 8.35. The molecule has 0 aliphatic rings. The minimum Gasteiger partial charge on any atom is -0.455 e. The number of benzene rings is 8. The highest BCUT2D eigenvalue weighted by Gasteiger charge is 2.22. The van der Waals surface area contributed by atoms with Crippen LogP contribution in [0, 0.1) is 0 Å². The average Bonchev–Trinajstić information content (AvgIpc) is 3.71. The lowest BCUT2D eigenvalue weighted by Crippen LogP contribution is -2.10. The second-order valence-electron chi connectivity index (χ2n) is 12.1. The number of hydrogen-bond acceptors (Lipinski definition) is 3. The molecule has 0 fully saturated rings. The number of furan rings is 1. The van der Waals surface area contributed by atoms with Gasteiger partial charge in [-0.25, -0.2) is 0 Å². The van der Waals surface area contributed by atoms with E-state index in [0.717, 1.165) is 49.8 Å². The van der Waals surface area contributed by atoms with Crippen LogP contribution in [0.5, 0.6) is 0 Å². The van der Waals surface area contributed by atoms with Crippen molar-refractivity contribution in [3.63, 3.8) is 0 Å². The van der Waals surface area contributed by atoms with Gasteiger partial charge in [-0.05, 0) is 75.8 Å². The van der Waals surface area contributed by atoms with Crippen LogP contribution in [0.25, 0.3) is 74.8 Å². The van der Waals surface area contributed by atoms with Crippen molar-refractivity contribution >= 4 is 92.1 Å². The van der Waals surface area contributed by atoms with Crippen molar-refractivity contribution in [2.75, 3.05) is 4.90 Å². The van der Waals surface area contributed by atoms with Crippen LogP contribution in [-0.2, 0) is 0 Å². The molecule has 0 amide bonds. The first-order valence-electron chi connectivity index (χ1n) is 15.9. The molecular formula is C44H27NOS. The van der Waals surface area contributed by atoms with Crippen LogP contribution < -0.4 is 4.90 Å². The van der Waals surface area contributed by atoms with E-state index in [2.05, 4.69) is 163 Å². The highest BCUT2D eigenvalue weighted by atomic mass is 32.1. The fraction of sp³-hybridized carbons (Fsp3) is 0. The summed E-state index contributed by atoms with van der Waals surface area (Å²) in [4.78, 5) is 2.41. The van der Waals surface area contributed by atoms with Crippen LogP contribution in [0.2, 0.25) is 0 Å². The minimum atomic E-state index is 0.894. The molecule has 220 valence electrons. The summed E-state index contributed by atoms with van der Waals surface area (Å²) in [7, 11) is 0. The van der Waals surface area contributed by atoms with Crippen molar-refractivity contribution < 1.29 is 4.42 Å². The SMILES string of the molecule is c1ccc2c(-c3ccc(N(c4ccc5sc6ccccc6c5c4)c4cc5ccccc5c5oc6ccccc6c45)cc3)cccc2c1. The smallest absolute Gasteiger partial charge is 0.145 e. The summed E-state index contributed by atoms with van der Waals surface area (Å²) in [5, 5.41) is 9.57.